The lowest BCUT2D eigenvalue weighted by atomic mass is 9.57. The number of benzene rings is 1. The summed E-state index contributed by atoms with van der Waals surface area (Å²) in [7, 11) is 1.73. The molecular formula is C28H31IN4O4. The van der Waals surface area contributed by atoms with E-state index in [0.717, 1.165) is 78.3 Å². The van der Waals surface area contributed by atoms with E-state index >= 15 is 0 Å². The molecule has 3 aromatic heterocycles. The van der Waals surface area contributed by atoms with Gasteiger partial charge in [-0.25, -0.2) is 9.97 Å². The number of hydrogen-bond donors (Lipinski definition) is 1. The second kappa shape index (κ2) is 10.7. The van der Waals surface area contributed by atoms with Gasteiger partial charge >= 0.3 is 0 Å². The highest BCUT2D eigenvalue weighted by molar-refractivity contribution is 14.1. The zero-order valence-corrected chi connectivity index (χ0v) is 23.0. The summed E-state index contributed by atoms with van der Waals surface area (Å²) in [4.78, 5) is 9.67. The van der Waals surface area contributed by atoms with E-state index in [2.05, 4.69) is 22.4 Å². The third-order valence-electron chi connectivity index (χ3n) is 7.75. The Hall–Kier alpha value is -2.47. The summed E-state index contributed by atoms with van der Waals surface area (Å²) in [5, 5.41) is 4.55. The van der Waals surface area contributed by atoms with Gasteiger partial charge in [0.2, 0.25) is 0 Å². The molecule has 3 atom stereocenters. The fourth-order valence-corrected chi connectivity index (χ4v) is 6.01. The molecule has 1 N–H and O–H groups in total. The van der Waals surface area contributed by atoms with E-state index in [4.69, 9.17) is 22.3 Å². The van der Waals surface area contributed by atoms with Gasteiger partial charge in [0.25, 0.3) is 0 Å². The zero-order valence-electron chi connectivity index (χ0n) is 20.9. The molecule has 2 fully saturated rings. The highest BCUT2D eigenvalue weighted by Gasteiger charge is 2.63. The van der Waals surface area contributed by atoms with Crippen molar-refractivity contribution in [3.63, 3.8) is 0 Å². The normalized spacial score (nSPS) is 22.4. The number of methoxy groups -OCH3 is 1. The van der Waals surface area contributed by atoms with Crippen molar-refractivity contribution in [2.24, 2.45) is 5.41 Å². The Labute approximate surface area is 230 Å². The topological polar surface area (TPSA) is 79.1 Å². The van der Waals surface area contributed by atoms with E-state index in [0.29, 0.717) is 19.3 Å². The van der Waals surface area contributed by atoms with Crippen LogP contribution in [0.25, 0.3) is 27.9 Å². The maximum absolute atomic E-state index is 6.57. The molecule has 37 heavy (non-hydrogen) atoms. The summed E-state index contributed by atoms with van der Waals surface area (Å²) in [6, 6.07) is 14.7. The van der Waals surface area contributed by atoms with Gasteiger partial charge in [-0.3, -0.25) is 4.40 Å². The summed E-state index contributed by atoms with van der Waals surface area (Å²) < 4.78 is 25.2. The van der Waals surface area contributed by atoms with Crippen LogP contribution in [0.2, 0.25) is 0 Å². The number of unbranched alkanes of at least 4 members (excludes halogenated alkanes) is 2. The van der Waals surface area contributed by atoms with Gasteiger partial charge in [0, 0.05) is 50.4 Å². The lowest BCUT2D eigenvalue weighted by molar-refractivity contribution is -0.149. The second-order valence-electron chi connectivity index (χ2n) is 9.92. The van der Waals surface area contributed by atoms with Crippen LogP contribution in [0.5, 0.6) is 11.5 Å². The number of fused-ring (bicyclic) bond motifs is 3. The van der Waals surface area contributed by atoms with Crippen LogP contribution in [-0.2, 0) is 7.80 Å². The van der Waals surface area contributed by atoms with Crippen molar-refractivity contribution in [2.45, 2.75) is 37.8 Å². The lowest BCUT2D eigenvalue weighted by Gasteiger charge is -2.62. The van der Waals surface area contributed by atoms with Crippen molar-refractivity contribution in [2.75, 3.05) is 33.5 Å². The molecule has 194 valence electrons. The Balaban J connectivity index is 1.21. The summed E-state index contributed by atoms with van der Waals surface area (Å²) in [6.07, 6.45) is 8.13. The number of pyridine rings is 2. The molecule has 0 radical (unpaired) electrons. The quantitative estimate of drug-likeness (QED) is 0.173. The molecule has 1 aliphatic heterocycles. The smallest absolute Gasteiger partial charge is 0.145 e. The van der Waals surface area contributed by atoms with Crippen LogP contribution in [-0.4, -0.2) is 60.0 Å². The van der Waals surface area contributed by atoms with Gasteiger partial charge in [0.15, 0.2) is 0 Å². The van der Waals surface area contributed by atoms with Gasteiger partial charge in [-0.2, -0.15) is 0 Å². The lowest BCUT2D eigenvalue weighted by Crippen LogP contribution is -2.79. The minimum absolute atomic E-state index is 0.0618. The number of ether oxygens (including phenoxy) is 3. The molecule has 2 aliphatic rings. The first-order valence-electron chi connectivity index (χ1n) is 12.8. The van der Waals surface area contributed by atoms with Crippen molar-refractivity contribution >= 4 is 39.6 Å². The Morgan fingerprint density at radius 2 is 2.05 bits per heavy atom. The molecule has 9 heteroatoms. The summed E-state index contributed by atoms with van der Waals surface area (Å²) in [5.41, 5.74) is 3.54. The standard InChI is InChI=1S/C28H31IN4O4/c1-34-12-3-2-4-13-35-20-10-11-33-22(16-30-26(33)14-20)21-9-8-19-6-5-7-23(27(19)32-21)37-25-15-24-28(25,17-31-24)18-36-29/h5-11,14,16,24-25,31H,2-4,12-13,15,17-18H2,1H3. The maximum Gasteiger partial charge on any atom is 0.145 e. The van der Waals surface area contributed by atoms with Crippen molar-refractivity contribution in [1.29, 1.82) is 0 Å². The van der Waals surface area contributed by atoms with Crippen LogP contribution in [0, 0.1) is 5.41 Å². The summed E-state index contributed by atoms with van der Waals surface area (Å²) >= 11 is 1.98. The average Bonchev–Trinajstić information content (AvgIpc) is 3.34. The van der Waals surface area contributed by atoms with E-state index < -0.39 is 0 Å². The first-order valence-corrected chi connectivity index (χ1v) is 13.7. The number of para-hydroxylation sites is 1. The molecule has 0 spiro atoms. The van der Waals surface area contributed by atoms with Crippen molar-refractivity contribution in [1.82, 2.24) is 19.7 Å². The number of hydrogen-bond acceptors (Lipinski definition) is 7. The third kappa shape index (κ3) is 4.67. The van der Waals surface area contributed by atoms with E-state index in [-0.39, 0.29) is 11.5 Å². The number of nitrogens with zero attached hydrogens (tertiary/aromatic N) is 3. The number of rotatable bonds is 12. The van der Waals surface area contributed by atoms with Gasteiger partial charge in [-0.05, 0) is 37.5 Å². The number of piperidine rings is 1. The molecule has 8 nitrogen and oxygen atoms in total. The highest BCUT2D eigenvalue weighted by Crippen LogP contribution is 2.50. The van der Waals surface area contributed by atoms with Crippen LogP contribution < -0.4 is 14.8 Å². The van der Waals surface area contributed by atoms with Crippen molar-refractivity contribution in [3.8, 4) is 22.9 Å². The number of halogens is 1. The summed E-state index contributed by atoms with van der Waals surface area (Å²) in [5.74, 6) is 1.64. The van der Waals surface area contributed by atoms with Crippen LogP contribution in [0.4, 0.5) is 0 Å². The van der Waals surface area contributed by atoms with E-state index in [1.165, 1.54) is 0 Å². The van der Waals surface area contributed by atoms with Crippen LogP contribution in [0.15, 0.2) is 54.9 Å². The van der Waals surface area contributed by atoms with Gasteiger partial charge in [0.05, 0.1) is 36.2 Å². The molecule has 0 amide bonds. The Morgan fingerprint density at radius 3 is 2.86 bits per heavy atom. The van der Waals surface area contributed by atoms with E-state index in [1.54, 1.807) is 7.11 Å². The number of aromatic nitrogens is 3. The molecule has 1 saturated carbocycles. The molecule has 1 aliphatic carbocycles. The predicted molar refractivity (Wildman–Crippen MR) is 150 cm³/mol. The van der Waals surface area contributed by atoms with Crippen molar-refractivity contribution in [3.05, 3.63) is 54.9 Å². The minimum atomic E-state index is 0.0618. The van der Waals surface area contributed by atoms with Crippen LogP contribution >= 0.6 is 23.0 Å². The third-order valence-corrected chi connectivity index (χ3v) is 8.06. The molecule has 1 saturated heterocycles. The molecule has 6 rings (SSSR count). The van der Waals surface area contributed by atoms with Gasteiger partial charge in [-0.1, -0.05) is 18.2 Å². The van der Waals surface area contributed by atoms with Gasteiger partial charge in [-0.15, -0.1) is 0 Å². The Bertz CT molecular complexity index is 1400. The number of nitrogens with one attached hydrogen (secondary N) is 1. The average molecular weight is 614 g/mol. The van der Waals surface area contributed by atoms with E-state index in [9.17, 15) is 0 Å². The maximum atomic E-state index is 6.57. The Morgan fingerprint density at radius 1 is 1.14 bits per heavy atom. The Kier molecular flexibility index (Phi) is 7.20. The SMILES string of the molecule is COCCCCCOc1ccn2c(-c3ccc4cccc(OC5CC6NCC65COI)c4n3)cnc2c1. The number of imidazole rings is 1. The molecule has 0 bridgehead atoms. The van der Waals surface area contributed by atoms with Gasteiger partial charge in [0.1, 0.15) is 51.8 Å². The molecule has 4 aromatic rings. The molecule has 1 aromatic carbocycles. The fourth-order valence-electron chi connectivity index (χ4n) is 5.43. The van der Waals surface area contributed by atoms with Crippen LogP contribution in [0.3, 0.4) is 0 Å². The van der Waals surface area contributed by atoms with E-state index in [1.807, 2.05) is 70.1 Å². The second-order valence-corrected chi connectivity index (χ2v) is 10.5. The monoisotopic (exact) mass is 614 g/mol. The molecular weight excluding hydrogens is 583 g/mol. The minimum Gasteiger partial charge on any atom is -0.493 e. The predicted octanol–water partition coefficient (Wildman–Crippen LogP) is 5.22. The highest BCUT2D eigenvalue weighted by atomic mass is 127. The zero-order chi connectivity index (χ0) is 25.2. The fraction of sp³-hybridized carbons (Fsp3) is 0.429. The molecule has 4 heterocycles. The van der Waals surface area contributed by atoms with Crippen LogP contribution in [0.1, 0.15) is 25.7 Å². The molecule has 3 unspecified atom stereocenters. The first-order chi connectivity index (χ1) is 18.2. The van der Waals surface area contributed by atoms with Crippen molar-refractivity contribution < 1.29 is 17.3 Å². The summed E-state index contributed by atoms with van der Waals surface area (Å²) in [6.45, 7) is 3.11. The first kappa shape index (κ1) is 24.8. The van der Waals surface area contributed by atoms with Gasteiger partial charge < -0.3 is 22.6 Å². The largest absolute Gasteiger partial charge is 0.493 e.